The maximum absolute atomic E-state index is 12.8. The fourth-order valence-corrected chi connectivity index (χ4v) is 4.14. The second-order valence-corrected chi connectivity index (χ2v) is 8.14. The van der Waals surface area contributed by atoms with Gasteiger partial charge < -0.3 is 25.0 Å². The van der Waals surface area contributed by atoms with Gasteiger partial charge in [0.25, 0.3) is 5.56 Å². The summed E-state index contributed by atoms with van der Waals surface area (Å²) in [5.41, 5.74) is 4.73. The van der Waals surface area contributed by atoms with Gasteiger partial charge in [0, 0.05) is 41.4 Å². The second-order valence-electron chi connectivity index (χ2n) is 7.73. The zero-order valence-corrected chi connectivity index (χ0v) is 18.5. The number of imidazole rings is 2. The molecule has 1 unspecified atom stereocenters. The second kappa shape index (κ2) is 8.57. The van der Waals surface area contributed by atoms with Crippen LogP contribution >= 0.6 is 11.6 Å². The van der Waals surface area contributed by atoms with Crippen molar-refractivity contribution in [3.63, 3.8) is 0 Å². The highest BCUT2D eigenvalue weighted by Crippen LogP contribution is 2.28. The van der Waals surface area contributed by atoms with Crippen LogP contribution in [-0.2, 0) is 0 Å². The summed E-state index contributed by atoms with van der Waals surface area (Å²) in [5.74, 6) is 0.437. The number of aromatic amines is 2. The number of aliphatic hydroxyl groups excluding tert-OH is 1. The average molecular weight is 461 g/mol. The van der Waals surface area contributed by atoms with E-state index in [1.165, 1.54) is 0 Å². The summed E-state index contributed by atoms with van der Waals surface area (Å²) >= 11 is 6.20. The van der Waals surface area contributed by atoms with Crippen molar-refractivity contribution in [2.75, 3.05) is 11.9 Å². The molecular formula is C24H21ClN6O2. The number of nitrogens with one attached hydrogen (secondary N) is 3. The van der Waals surface area contributed by atoms with Crippen LogP contribution in [0.4, 0.5) is 5.69 Å². The van der Waals surface area contributed by atoms with Crippen LogP contribution in [0.1, 0.15) is 17.2 Å². The number of aliphatic hydroxyl groups is 1. The minimum Gasteiger partial charge on any atom is -0.387 e. The van der Waals surface area contributed by atoms with Crippen LogP contribution < -0.4 is 10.9 Å². The number of pyridine rings is 1. The van der Waals surface area contributed by atoms with Crippen molar-refractivity contribution in [3.8, 4) is 17.1 Å². The van der Waals surface area contributed by atoms with Gasteiger partial charge in [0.05, 0.1) is 29.2 Å². The Bertz CT molecular complexity index is 1490. The molecule has 0 spiro atoms. The van der Waals surface area contributed by atoms with Crippen molar-refractivity contribution in [1.82, 2.24) is 24.5 Å². The van der Waals surface area contributed by atoms with Crippen LogP contribution in [0.15, 0.2) is 72.2 Å². The van der Waals surface area contributed by atoms with Crippen LogP contribution in [0.25, 0.3) is 28.1 Å². The van der Waals surface area contributed by atoms with E-state index in [-0.39, 0.29) is 12.1 Å². The third kappa shape index (κ3) is 4.02. The van der Waals surface area contributed by atoms with Crippen LogP contribution in [0, 0.1) is 6.92 Å². The van der Waals surface area contributed by atoms with Gasteiger partial charge in [0.2, 0.25) is 0 Å². The Balaban J connectivity index is 1.50. The fraction of sp³-hybridized carbons (Fsp3) is 0.125. The summed E-state index contributed by atoms with van der Waals surface area (Å²) in [5, 5.41) is 14.3. The maximum atomic E-state index is 12.8. The zero-order chi connectivity index (χ0) is 22.9. The molecule has 5 aromatic rings. The Morgan fingerprint density at radius 1 is 1.24 bits per heavy atom. The molecule has 0 bridgehead atoms. The first-order valence-corrected chi connectivity index (χ1v) is 10.8. The number of aromatic nitrogens is 5. The number of anilines is 1. The van der Waals surface area contributed by atoms with Gasteiger partial charge in [-0.05, 0) is 36.8 Å². The monoisotopic (exact) mass is 460 g/mol. The summed E-state index contributed by atoms with van der Waals surface area (Å²) in [6.07, 6.45) is 6.02. The number of benzene rings is 2. The maximum Gasteiger partial charge on any atom is 0.261 e. The zero-order valence-electron chi connectivity index (χ0n) is 17.7. The van der Waals surface area contributed by atoms with E-state index in [9.17, 15) is 9.90 Å². The van der Waals surface area contributed by atoms with Crippen LogP contribution in [0.5, 0.6) is 0 Å². The van der Waals surface area contributed by atoms with Crippen molar-refractivity contribution < 1.29 is 5.11 Å². The molecule has 0 radical (unpaired) electrons. The van der Waals surface area contributed by atoms with Gasteiger partial charge in [-0.2, -0.15) is 0 Å². The standard InChI is InChI=1S/C24H21ClN6O2/c1-14-10-15(31-9-8-26-13-31)11-19-22(14)30-23(29-19)21-18(6-7-27-24(21)33)28-12-20(32)16-4-2-3-5-17(16)25/h2-11,13,20,32H,12H2,1H3,(H,29,30)(H2,27,28,33). The van der Waals surface area contributed by atoms with Gasteiger partial charge in [-0.25, -0.2) is 9.97 Å². The van der Waals surface area contributed by atoms with E-state index >= 15 is 0 Å². The first-order valence-electron chi connectivity index (χ1n) is 10.4. The Morgan fingerprint density at radius 2 is 2.09 bits per heavy atom. The molecule has 4 N–H and O–H groups in total. The van der Waals surface area contributed by atoms with Crippen molar-refractivity contribution in [1.29, 1.82) is 0 Å². The number of fused-ring (bicyclic) bond motifs is 1. The first-order chi connectivity index (χ1) is 16.0. The summed E-state index contributed by atoms with van der Waals surface area (Å²) in [6, 6.07) is 12.9. The molecular weight excluding hydrogens is 440 g/mol. The van der Waals surface area contributed by atoms with Crippen molar-refractivity contribution >= 4 is 28.3 Å². The molecule has 0 amide bonds. The van der Waals surface area contributed by atoms with Crippen molar-refractivity contribution in [3.05, 3.63) is 93.9 Å². The van der Waals surface area contributed by atoms with E-state index in [4.69, 9.17) is 16.6 Å². The lowest BCUT2D eigenvalue weighted by Gasteiger charge is -2.15. The minimum absolute atomic E-state index is 0.171. The largest absolute Gasteiger partial charge is 0.387 e. The van der Waals surface area contributed by atoms with E-state index in [0.717, 1.165) is 22.3 Å². The number of hydrogen-bond donors (Lipinski definition) is 4. The SMILES string of the molecule is Cc1cc(-n2ccnc2)cc2[nH]c(-c3c(NCC(O)c4ccccc4Cl)cc[nH]c3=O)nc12. The quantitative estimate of drug-likeness (QED) is 0.303. The van der Waals surface area contributed by atoms with Crippen LogP contribution in [0.2, 0.25) is 5.02 Å². The first kappa shape index (κ1) is 21.0. The molecule has 0 saturated heterocycles. The third-order valence-corrected chi connectivity index (χ3v) is 5.86. The van der Waals surface area contributed by atoms with Gasteiger partial charge in [-0.3, -0.25) is 4.79 Å². The smallest absolute Gasteiger partial charge is 0.261 e. The lowest BCUT2D eigenvalue weighted by atomic mass is 10.1. The van der Waals surface area contributed by atoms with Crippen LogP contribution in [0.3, 0.4) is 0 Å². The number of H-pyrrole nitrogens is 2. The molecule has 0 fully saturated rings. The Hall–Kier alpha value is -3.88. The van der Waals surface area contributed by atoms with Gasteiger partial charge in [-0.1, -0.05) is 29.8 Å². The van der Waals surface area contributed by atoms with Gasteiger partial charge in [-0.15, -0.1) is 0 Å². The van der Waals surface area contributed by atoms with Crippen molar-refractivity contribution in [2.45, 2.75) is 13.0 Å². The highest BCUT2D eigenvalue weighted by Gasteiger charge is 2.17. The molecule has 9 heteroatoms. The Morgan fingerprint density at radius 3 is 2.88 bits per heavy atom. The molecule has 8 nitrogen and oxygen atoms in total. The van der Waals surface area contributed by atoms with E-state index in [1.807, 2.05) is 42.0 Å². The van der Waals surface area contributed by atoms with E-state index in [2.05, 4.69) is 20.3 Å². The highest BCUT2D eigenvalue weighted by molar-refractivity contribution is 6.31. The average Bonchev–Trinajstić information content (AvgIpc) is 3.48. The number of aryl methyl sites for hydroxylation is 1. The highest BCUT2D eigenvalue weighted by atomic mass is 35.5. The number of hydrogen-bond acceptors (Lipinski definition) is 5. The fourth-order valence-electron chi connectivity index (χ4n) is 3.87. The summed E-state index contributed by atoms with van der Waals surface area (Å²) in [4.78, 5) is 27.6. The van der Waals surface area contributed by atoms with Gasteiger partial charge in [0.1, 0.15) is 11.4 Å². The Labute approximate surface area is 193 Å². The molecule has 3 heterocycles. The number of nitrogens with zero attached hydrogens (tertiary/aromatic N) is 3. The summed E-state index contributed by atoms with van der Waals surface area (Å²) in [6.45, 7) is 2.14. The number of halogens is 1. The molecule has 0 aliphatic rings. The topological polar surface area (TPSA) is 112 Å². The van der Waals surface area contributed by atoms with Crippen LogP contribution in [-0.4, -0.2) is 36.2 Å². The third-order valence-electron chi connectivity index (χ3n) is 5.51. The molecule has 1 atom stereocenters. The molecule has 0 aliphatic heterocycles. The van der Waals surface area contributed by atoms with E-state index < -0.39 is 6.10 Å². The molecule has 2 aromatic carbocycles. The number of rotatable bonds is 6. The summed E-state index contributed by atoms with van der Waals surface area (Å²) < 4.78 is 1.91. The Kier molecular flexibility index (Phi) is 5.45. The normalized spacial score (nSPS) is 12.2. The lowest BCUT2D eigenvalue weighted by molar-refractivity contribution is 0.192. The minimum atomic E-state index is -0.846. The predicted molar refractivity (Wildman–Crippen MR) is 129 cm³/mol. The summed E-state index contributed by atoms with van der Waals surface area (Å²) in [7, 11) is 0. The molecule has 3 aromatic heterocycles. The van der Waals surface area contributed by atoms with E-state index in [1.54, 1.807) is 36.9 Å². The molecule has 0 aliphatic carbocycles. The van der Waals surface area contributed by atoms with Crippen molar-refractivity contribution in [2.24, 2.45) is 0 Å². The molecule has 166 valence electrons. The van der Waals surface area contributed by atoms with E-state index in [0.29, 0.717) is 27.7 Å². The molecule has 33 heavy (non-hydrogen) atoms. The van der Waals surface area contributed by atoms with Gasteiger partial charge >= 0.3 is 0 Å². The lowest BCUT2D eigenvalue weighted by Crippen LogP contribution is -2.17. The van der Waals surface area contributed by atoms with Gasteiger partial charge in [0.15, 0.2) is 0 Å². The molecule has 0 saturated carbocycles. The molecule has 5 rings (SSSR count). The predicted octanol–water partition coefficient (Wildman–Crippen LogP) is 4.21.